The van der Waals surface area contributed by atoms with Gasteiger partial charge in [0.25, 0.3) is 0 Å². The average Bonchev–Trinajstić information content (AvgIpc) is 2.83. The third-order valence-electron chi connectivity index (χ3n) is 3.10. The smallest absolute Gasteiger partial charge is 0.221 e. The lowest BCUT2D eigenvalue weighted by atomic mass is 10.1. The van der Waals surface area contributed by atoms with Crippen LogP contribution in [0.2, 0.25) is 0 Å². The Morgan fingerprint density at radius 1 is 1.42 bits per heavy atom. The van der Waals surface area contributed by atoms with Crippen LogP contribution < -0.4 is 20.1 Å². The molecule has 0 bridgehead atoms. The molecule has 1 saturated heterocycles. The van der Waals surface area contributed by atoms with Gasteiger partial charge < -0.3 is 20.1 Å². The molecule has 0 radical (unpaired) electrons. The van der Waals surface area contributed by atoms with Gasteiger partial charge in [0, 0.05) is 25.6 Å². The molecule has 0 aromatic heterocycles. The van der Waals surface area contributed by atoms with E-state index in [4.69, 9.17) is 9.47 Å². The van der Waals surface area contributed by atoms with Crippen molar-refractivity contribution in [1.82, 2.24) is 10.6 Å². The third kappa shape index (κ3) is 3.61. The Hall–Kier alpha value is -1.75. The number of hydrogen-bond acceptors (Lipinski definition) is 4. The molecule has 2 rings (SSSR count). The number of rotatable bonds is 6. The van der Waals surface area contributed by atoms with E-state index in [1.54, 1.807) is 7.11 Å². The Morgan fingerprint density at radius 3 is 2.89 bits per heavy atom. The van der Waals surface area contributed by atoms with Crippen LogP contribution in [0.3, 0.4) is 0 Å². The van der Waals surface area contributed by atoms with Crippen LogP contribution in [0.15, 0.2) is 18.2 Å². The second-order valence-electron chi connectivity index (χ2n) is 4.50. The highest BCUT2D eigenvalue weighted by atomic mass is 16.5. The SMILES string of the molecule is CCOc1cc(CNC2CNC(=O)C2)ccc1OC. The van der Waals surface area contributed by atoms with Crippen LogP contribution in [0.25, 0.3) is 0 Å². The lowest BCUT2D eigenvalue weighted by Crippen LogP contribution is -2.30. The summed E-state index contributed by atoms with van der Waals surface area (Å²) in [7, 11) is 1.63. The number of hydrogen-bond donors (Lipinski definition) is 2. The minimum atomic E-state index is 0.113. The zero-order valence-corrected chi connectivity index (χ0v) is 11.4. The van der Waals surface area contributed by atoms with Crippen LogP contribution in [0.1, 0.15) is 18.9 Å². The van der Waals surface area contributed by atoms with E-state index in [0.717, 1.165) is 17.1 Å². The molecule has 1 unspecified atom stereocenters. The number of methoxy groups -OCH3 is 1. The highest BCUT2D eigenvalue weighted by Gasteiger charge is 2.20. The summed E-state index contributed by atoms with van der Waals surface area (Å²) in [5, 5.41) is 6.17. The first-order chi connectivity index (χ1) is 9.22. The van der Waals surface area contributed by atoms with E-state index in [2.05, 4.69) is 10.6 Å². The lowest BCUT2D eigenvalue weighted by molar-refractivity contribution is -0.119. The van der Waals surface area contributed by atoms with Gasteiger partial charge in [-0.05, 0) is 24.6 Å². The zero-order chi connectivity index (χ0) is 13.7. The highest BCUT2D eigenvalue weighted by molar-refractivity contribution is 5.78. The van der Waals surface area contributed by atoms with Gasteiger partial charge in [-0.15, -0.1) is 0 Å². The predicted octanol–water partition coefficient (Wildman–Crippen LogP) is 1.07. The standard InChI is InChI=1S/C14H20N2O3/c1-3-19-13-6-10(4-5-12(13)18-2)8-15-11-7-14(17)16-9-11/h4-6,11,15H,3,7-9H2,1-2H3,(H,16,17). The minimum Gasteiger partial charge on any atom is -0.493 e. The summed E-state index contributed by atoms with van der Waals surface area (Å²) in [5.41, 5.74) is 1.11. The summed E-state index contributed by atoms with van der Waals surface area (Å²) in [6.07, 6.45) is 0.550. The number of carbonyl (C=O) groups excluding carboxylic acids is 1. The quantitative estimate of drug-likeness (QED) is 0.807. The molecular weight excluding hydrogens is 244 g/mol. The fourth-order valence-electron chi connectivity index (χ4n) is 2.11. The van der Waals surface area contributed by atoms with Crippen LogP contribution in [-0.4, -0.2) is 32.2 Å². The topological polar surface area (TPSA) is 59.6 Å². The van der Waals surface area contributed by atoms with Crippen LogP contribution >= 0.6 is 0 Å². The average molecular weight is 264 g/mol. The maximum absolute atomic E-state index is 11.1. The van der Waals surface area contributed by atoms with Crippen molar-refractivity contribution in [3.8, 4) is 11.5 Å². The Morgan fingerprint density at radius 2 is 2.26 bits per heavy atom. The van der Waals surface area contributed by atoms with Crippen molar-refractivity contribution in [2.24, 2.45) is 0 Å². The molecular formula is C14H20N2O3. The van der Waals surface area contributed by atoms with Gasteiger partial charge in [0.05, 0.1) is 13.7 Å². The summed E-state index contributed by atoms with van der Waals surface area (Å²) in [6, 6.07) is 6.09. The maximum atomic E-state index is 11.1. The van der Waals surface area contributed by atoms with Crippen LogP contribution in [0.4, 0.5) is 0 Å². The summed E-state index contributed by atoms with van der Waals surface area (Å²) in [6.45, 7) is 3.96. The zero-order valence-electron chi connectivity index (χ0n) is 11.4. The Balaban J connectivity index is 1.96. The lowest BCUT2D eigenvalue weighted by Gasteiger charge is -2.13. The molecule has 5 heteroatoms. The fraction of sp³-hybridized carbons (Fsp3) is 0.500. The van der Waals surface area contributed by atoms with Gasteiger partial charge in [-0.3, -0.25) is 4.79 Å². The molecule has 19 heavy (non-hydrogen) atoms. The van der Waals surface area contributed by atoms with E-state index < -0.39 is 0 Å². The van der Waals surface area contributed by atoms with Crippen molar-refractivity contribution in [1.29, 1.82) is 0 Å². The highest BCUT2D eigenvalue weighted by Crippen LogP contribution is 2.28. The molecule has 1 aromatic carbocycles. The van der Waals surface area contributed by atoms with Crippen LogP contribution in [0, 0.1) is 0 Å². The van der Waals surface area contributed by atoms with E-state index in [0.29, 0.717) is 26.1 Å². The normalized spacial score (nSPS) is 18.2. The summed E-state index contributed by atoms with van der Waals surface area (Å²) in [4.78, 5) is 11.1. The van der Waals surface area contributed by atoms with Crippen LogP contribution in [-0.2, 0) is 11.3 Å². The number of carbonyl (C=O) groups is 1. The molecule has 1 heterocycles. The van der Waals surface area contributed by atoms with Gasteiger partial charge in [-0.1, -0.05) is 6.07 Å². The summed E-state index contributed by atoms with van der Waals surface area (Å²) in [5.74, 6) is 1.61. The molecule has 104 valence electrons. The predicted molar refractivity (Wildman–Crippen MR) is 72.4 cm³/mol. The number of amides is 1. The molecule has 0 spiro atoms. The number of benzene rings is 1. The number of nitrogens with one attached hydrogen (secondary N) is 2. The molecule has 1 aromatic rings. The van der Waals surface area contributed by atoms with Gasteiger partial charge in [-0.25, -0.2) is 0 Å². The second-order valence-corrected chi connectivity index (χ2v) is 4.50. The first-order valence-electron chi connectivity index (χ1n) is 6.52. The monoisotopic (exact) mass is 264 g/mol. The van der Waals surface area contributed by atoms with Crippen molar-refractivity contribution in [3.05, 3.63) is 23.8 Å². The maximum Gasteiger partial charge on any atom is 0.221 e. The van der Waals surface area contributed by atoms with E-state index in [9.17, 15) is 4.79 Å². The molecule has 5 nitrogen and oxygen atoms in total. The minimum absolute atomic E-state index is 0.113. The van der Waals surface area contributed by atoms with Crippen molar-refractivity contribution in [3.63, 3.8) is 0 Å². The van der Waals surface area contributed by atoms with Crippen molar-refractivity contribution in [2.45, 2.75) is 25.9 Å². The Bertz CT molecular complexity index is 448. The fourth-order valence-corrected chi connectivity index (χ4v) is 2.11. The summed E-state index contributed by atoms with van der Waals surface area (Å²) >= 11 is 0. The van der Waals surface area contributed by atoms with Gasteiger partial charge in [0.15, 0.2) is 11.5 Å². The van der Waals surface area contributed by atoms with E-state index in [1.165, 1.54) is 0 Å². The largest absolute Gasteiger partial charge is 0.493 e. The Kier molecular flexibility index (Phi) is 4.63. The van der Waals surface area contributed by atoms with Gasteiger partial charge >= 0.3 is 0 Å². The van der Waals surface area contributed by atoms with Gasteiger partial charge in [-0.2, -0.15) is 0 Å². The van der Waals surface area contributed by atoms with E-state index in [1.807, 2.05) is 25.1 Å². The number of ether oxygens (including phenoxy) is 2. The molecule has 1 aliphatic heterocycles. The van der Waals surface area contributed by atoms with Gasteiger partial charge in [0.2, 0.25) is 5.91 Å². The van der Waals surface area contributed by atoms with Crippen LogP contribution in [0.5, 0.6) is 11.5 Å². The first kappa shape index (κ1) is 13.7. The molecule has 0 aliphatic carbocycles. The third-order valence-corrected chi connectivity index (χ3v) is 3.10. The molecule has 1 fully saturated rings. The molecule has 2 N–H and O–H groups in total. The second kappa shape index (κ2) is 6.43. The molecule has 1 aliphatic rings. The molecule has 1 amide bonds. The Labute approximate surface area is 113 Å². The van der Waals surface area contributed by atoms with E-state index >= 15 is 0 Å². The van der Waals surface area contributed by atoms with Crippen molar-refractivity contribution in [2.75, 3.05) is 20.3 Å². The van der Waals surface area contributed by atoms with Gasteiger partial charge in [0.1, 0.15) is 0 Å². The van der Waals surface area contributed by atoms with Crippen molar-refractivity contribution < 1.29 is 14.3 Å². The summed E-state index contributed by atoms with van der Waals surface area (Å²) < 4.78 is 10.8. The van der Waals surface area contributed by atoms with Crippen molar-refractivity contribution >= 4 is 5.91 Å². The molecule has 1 atom stereocenters. The van der Waals surface area contributed by atoms with E-state index in [-0.39, 0.29) is 11.9 Å². The first-order valence-corrected chi connectivity index (χ1v) is 6.52. The molecule has 0 saturated carbocycles.